The Hall–Kier alpha value is -1.68. The molecule has 0 spiro atoms. The molecule has 1 unspecified atom stereocenters. The van der Waals surface area contributed by atoms with Crippen LogP contribution in [0.2, 0.25) is 0 Å². The van der Waals surface area contributed by atoms with Gasteiger partial charge in [-0.05, 0) is 25.0 Å². The minimum atomic E-state index is -0.137. The molecule has 4 nitrogen and oxygen atoms in total. The van der Waals surface area contributed by atoms with E-state index in [0.29, 0.717) is 12.5 Å². The lowest BCUT2D eigenvalue weighted by molar-refractivity contribution is 0.233. The van der Waals surface area contributed by atoms with E-state index in [9.17, 15) is 0 Å². The molecule has 2 N–H and O–H groups in total. The molecule has 2 aromatic rings. The summed E-state index contributed by atoms with van der Waals surface area (Å²) in [5.74, 6) is 0.423. The van der Waals surface area contributed by atoms with Gasteiger partial charge in [-0.25, -0.2) is 4.98 Å². The Morgan fingerprint density at radius 2 is 2.11 bits per heavy atom. The Bertz CT molecular complexity index is 504. The highest BCUT2D eigenvalue weighted by Crippen LogP contribution is 2.30. The summed E-state index contributed by atoms with van der Waals surface area (Å²) in [4.78, 5) is 8.44. The van der Waals surface area contributed by atoms with Gasteiger partial charge in [-0.1, -0.05) is 13.8 Å². The summed E-state index contributed by atoms with van der Waals surface area (Å²) in [6.07, 6.45) is 7.35. The van der Waals surface area contributed by atoms with Crippen molar-refractivity contribution in [1.29, 1.82) is 0 Å². The van der Waals surface area contributed by atoms with Crippen molar-refractivity contribution in [2.75, 3.05) is 6.54 Å². The summed E-state index contributed by atoms with van der Waals surface area (Å²) >= 11 is 0. The van der Waals surface area contributed by atoms with Crippen LogP contribution in [0.3, 0.4) is 0 Å². The molecule has 0 fully saturated rings. The Balaban J connectivity index is 2.52. The van der Waals surface area contributed by atoms with Gasteiger partial charge in [-0.15, -0.1) is 0 Å². The molecule has 1 atom stereocenters. The van der Waals surface area contributed by atoms with Crippen LogP contribution in [-0.4, -0.2) is 21.1 Å². The molecule has 0 aliphatic heterocycles. The largest absolute Gasteiger partial charge is 0.328 e. The van der Waals surface area contributed by atoms with E-state index < -0.39 is 0 Å². The molecule has 0 radical (unpaired) electrons. The molecule has 96 valence electrons. The van der Waals surface area contributed by atoms with Gasteiger partial charge in [0.2, 0.25) is 0 Å². The fraction of sp³-hybridized carbons (Fsp3) is 0.429. The van der Waals surface area contributed by atoms with E-state index in [-0.39, 0.29) is 5.54 Å². The van der Waals surface area contributed by atoms with Gasteiger partial charge in [0.1, 0.15) is 0 Å². The van der Waals surface area contributed by atoms with Crippen LogP contribution in [0.1, 0.15) is 20.8 Å². The third kappa shape index (κ3) is 2.04. The van der Waals surface area contributed by atoms with Crippen LogP contribution in [0, 0.1) is 5.92 Å². The van der Waals surface area contributed by atoms with Crippen LogP contribution >= 0.6 is 0 Å². The smallest absolute Gasteiger partial charge is 0.0956 e. The number of nitrogens with zero attached hydrogens (tertiary/aromatic N) is 3. The molecular formula is C14H20N4. The minimum absolute atomic E-state index is 0.137. The van der Waals surface area contributed by atoms with Crippen molar-refractivity contribution in [3.63, 3.8) is 0 Å². The Labute approximate surface area is 108 Å². The van der Waals surface area contributed by atoms with Crippen LogP contribution in [0.4, 0.5) is 0 Å². The first-order valence-electron chi connectivity index (χ1n) is 6.23. The van der Waals surface area contributed by atoms with E-state index >= 15 is 0 Å². The van der Waals surface area contributed by atoms with E-state index in [1.165, 1.54) is 0 Å². The monoisotopic (exact) mass is 244 g/mol. The zero-order valence-corrected chi connectivity index (χ0v) is 11.2. The summed E-state index contributed by atoms with van der Waals surface area (Å²) in [5.41, 5.74) is 7.97. The van der Waals surface area contributed by atoms with E-state index in [1.807, 2.05) is 30.9 Å². The van der Waals surface area contributed by atoms with Crippen LogP contribution in [0.25, 0.3) is 11.3 Å². The van der Waals surface area contributed by atoms with Crippen LogP contribution in [-0.2, 0) is 5.54 Å². The second kappa shape index (κ2) is 4.90. The number of aromatic nitrogens is 3. The molecule has 4 heteroatoms. The minimum Gasteiger partial charge on any atom is -0.328 e. The quantitative estimate of drug-likeness (QED) is 0.897. The lowest BCUT2D eigenvalue weighted by atomic mass is 9.87. The van der Waals surface area contributed by atoms with Crippen LogP contribution in [0.5, 0.6) is 0 Å². The molecule has 0 saturated heterocycles. The molecule has 2 heterocycles. The van der Waals surface area contributed by atoms with Gasteiger partial charge in [0.15, 0.2) is 0 Å². The highest BCUT2D eigenvalue weighted by atomic mass is 15.1. The van der Waals surface area contributed by atoms with Crippen LogP contribution in [0.15, 0.2) is 37.1 Å². The predicted molar refractivity (Wildman–Crippen MR) is 73.0 cm³/mol. The average Bonchev–Trinajstić information content (AvgIpc) is 2.88. The fourth-order valence-electron chi connectivity index (χ4n) is 2.04. The average molecular weight is 244 g/mol. The van der Waals surface area contributed by atoms with Gasteiger partial charge in [0.05, 0.1) is 23.8 Å². The van der Waals surface area contributed by atoms with Gasteiger partial charge < -0.3 is 10.3 Å². The van der Waals surface area contributed by atoms with Crippen molar-refractivity contribution >= 4 is 0 Å². The standard InChI is InChI=1S/C14H20N4/c1-11(2)14(3,9-15)18-10-17-8-13(18)12-5-4-6-16-7-12/h4-8,10-11H,9,15H2,1-3H3. The third-order valence-corrected chi connectivity index (χ3v) is 3.80. The summed E-state index contributed by atoms with van der Waals surface area (Å²) < 4.78 is 2.16. The van der Waals surface area contributed by atoms with Crippen molar-refractivity contribution in [1.82, 2.24) is 14.5 Å². The summed E-state index contributed by atoms with van der Waals surface area (Å²) in [6, 6.07) is 3.97. The molecule has 0 amide bonds. The van der Waals surface area contributed by atoms with Gasteiger partial charge in [-0.3, -0.25) is 4.98 Å². The topological polar surface area (TPSA) is 56.7 Å². The molecule has 2 rings (SSSR count). The molecule has 18 heavy (non-hydrogen) atoms. The van der Waals surface area contributed by atoms with Crippen molar-refractivity contribution in [3.8, 4) is 11.3 Å². The Morgan fingerprint density at radius 1 is 1.33 bits per heavy atom. The van der Waals surface area contributed by atoms with Crippen molar-refractivity contribution < 1.29 is 0 Å². The van der Waals surface area contributed by atoms with Gasteiger partial charge in [0, 0.05) is 24.5 Å². The lowest BCUT2D eigenvalue weighted by Crippen LogP contribution is -2.42. The summed E-state index contributed by atoms with van der Waals surface area (Å²) in [5, 5.41) is 0. The maximum atomic E-state index is 5.98. The van der Waals surface area contributed by atoms with Crippen molar-refractivity contribution in [2.24, 2.45) is 11.7 Å². The lowest BCUT2D eigenvalue weighted by Gasteiger charge is -2.35. The van der Waals surface area contributed by atoms with Crippen molar-refractivity contribution in [3.05, 3.63) is 37.1 Å². The second-order valence-corrected chi connectivity index (χ2v) is 5.11. The Kier molecular flexibility index (Phi) is 3.48. The van der Waals surface area contributed by atoms with E-state index in [2.05, 4.69) is 35.3 Å². The first-order valence-corrected chi connectivity index (χ1v) is 6.23. The highest BCUT2D eigenvalue weighted by molar-refractivity contribution is 5.57. The van der Waals surface area contributed by atoms with E-state index in [4.69, 9.17) is 5.73 Å². The third-order valence-electron chi connectivity index (χ3n) is 3.80. The summed E-state index contributed by atoms with van der Waals surface area (Å²) in [7, 11) is 0. The number of pyridine rings is 1. The van der Waals surface area contributed by atoms with E-state index in [1.54, 1.807) is 6.20 Å². The Morgan fingerprint density at radius 3 is 2.67 bits per heavy atom. The van der Waals surface area contributed by atoms with Gasteiger partial charge in [-0.2, -0.15) is 0 Å². The molecule has 0 bridgehead atoms. The van der Waals surface area contributed by atoms with Gasteiger partial charge >= 0.3 is 0 Å². The molecule has 0 aromatic carbocycles. The predicted octanol–water partition coefficient (Wildman–Crippen LogP) is 2.28. The maximum absolute atomic E-state index is 5.98. The molecule has 0 saturated carbocycles. The fourth-order valence-corrected chi connectivity index (χ4v) is 2.04. The van der Waals surface area contributed by atoms with Crippen LogP contribution < -0.4 is 5.73 Å². The highest BCUT2D eigenvalue weighted by Gasteiger charge is 2.30. The zero-order valence-electron chi connectivity index (χ0n) is 11.2. The molecule has 2 aromatic heterocycles. The normalized spacial score (nSPS) is 14.7. The maximum Gasteiger partial charge on any atom is 0.0956 e. The number of imidazole rings is 1. The van der Waals surface area contributed by atoms with Crippen molar-refractivity contribution in [2.45, 2.75) is 26.3 Å². The second-order valence-electron chi connectivity index (χ2n) is 5.11. The number of hydrogen-bond donors (Lipinski definition) is 1. The molecule has 0 aliphatic rings. The zero-order chi connectivity index (χ0) is 13.2. The number of nitrogens with two attached hydrogens (primary N) is 1. The first kappa shape index (κ1) is 12.8. The first-order chi connectivity index (χ1) is 8.59. The van der Waals surface area contributed by atoms with E-state index in [0.717, 1.165) is 11.3 Å². The number of hydrogen-bond acceptors (Lipinski definition) is 3. The SMILES string of the molecule is CC(C)C(C)(CN)n1cncc1-c1cccnc1. The number of rotatable bonds is 4. The molecular weight excluding hydrogens is 224 g/mol. The summed E-state index contributed by atoms with van der Waals surface area (Å²) in [6.45, 7) is 7.10. The van der Waals surface area contributed by atoms with Gasteiger partial charge in [0.25, 0.3) is 0 Å². The molecule has 0 aliphatic carbocycles.